The van der Waals surface area contributed by atoms with Gasteiger partial charge in [0.05, 0.1) is 0 Å². The van der Waals surface area contributed by atoms with E-state index in [1.54, 1.807) is 7.11 Å². The zero-order valence-corrected chi connectivity index (χ0v) is 8.03. The maximum atomic E-state index is 8.95. The molecule has 0 radical (unpaired) electrons. The molecule has 0 saturated carbocycles. The van der Waals surface area contributed by atoms with E-state index in [1.165, 1.54) is 0 Å². The van der Waals surface area contributed by atoms with Crippen molar-refractivity contribution in [3.63, 3.8) is 0 Å². The summed E-state index contributed by atoms with van der Waals surface area (Å²) in [5, 5.41) is 0. The summed E-state index contributed by atoms with van der Waals surface area (Å²) >= 11 is 0. The van der Waals surface area contributed by atoms with Gasteiger partial charge in [-0.15, -0.1) is 0 Å². The fourth-order valence-corrected chi connectivity index (χ4v) is 5.19. The Balaban J connectivity index is -0.000000245. The molecule has 0 bridgehead atoms. The summed E-state index contributed by atoms with van der Waals surface area (Å²) in [5.41, 5.74) is 0.997. The second kappa shape index (κ2) is 9.35. The molecule has 2 atom stereocenters. The van der Waals surface area contributed by atoms with Crippen molar-refractivity contribution in [1.82, 2.24) is 0 Å². The van der Waals surface area contributed by atoms with Crippen LogP contribution in [-0.4, -0.2) is 30.0 Å². The van der Waals surface area contributed by atoms with Gasteiger partial charge < -0.3 is 9.22 Å². The molecule has 4 heteroatoms. The summed E-state index contributed by atoms with van der Waals surface area (Å²) in [6.07, 6.45) is 0. The first kappa shape index (κ1) is 16.8. The SMILES string of the molecule is C.C.CO[SiH](C)C[SiH](C)O. The molecule has 2 nitrogen and oxygen atoms in total. The molecule has 10 heavy (non-hydrogen) atoms. The van der Waals surface area contributed by atoms with E-state index in [1.807, 2.05) is 6.55 Å². The Morgan fingerprint density at radius 1 is 1.30 bits per heavy atom. The van der Waals surface area contributed by atoms with E-state index in [4.69, 9.17) is 9.22 Å². The molecule has 0 aliphatic rings. The van der Waals surface area contributed by atoms with Crippen molar-refractivity contribution in [3.8, 4) is 0 Å². The largest absolute Gasteiger partial charge is 0.435 e. The van der Waals surface area contributed by atoms with E-state index < -0.39 is 18.1 Å². The third-order valence-corrected chi connectivity index (χ3v) is 7.26. The highest BCUT2D eigenvalue weighted by Crippen LogP contribution is 1.93. The van der Waals surface area contributed by atoms with Crippen LogP contribution in [0.1, 0.15) is 14.9 Å². The van der Waals surface area contributed by atoms with Gasteiger partial charge in [0.1, 0.15) is 0 Å². The molecule has 2 unspecified atom stereocenters. The van der Waals surface area contributed by atoms with Crippen molar-refractivity contribution in [2.24, 2.45) is 0 Å². The van der Waals surface area contributed by atoms with Crippen LogP contribution in [0.2, 0.25) is 18.8 Å². The molecule has 66 valence electrons. The lowest BCUT2D eigenvalue weighted by Gasteiger charge is -2.06. The zero-order valence-electron chi connectivity index (χ0n) is 5.72. The van der Waals surface area contributed by atoms with Gasteiger partial charge in [0, 0.05) is 7.11 Å². The van der Waals surface area contributed by atoms with Crippen LogP contribution >= 0.6 is 0 Å². The van der Waals surface area contributed by atoms with Crippen molar-refractivity contribution in [2.75, 3.05) is 7.11 Å². The van der Waals surface area contributed by atoms with Gasteiger partial charge in [-0.25, -0.2) is 0 Å². The van der Waals surface area contributed by atoms with Crippen molar-refractivity contribution >= 4 is 18.1 Å². The molecular formula is C6H22O2Si2. The predicted octanol–water partition coefficient (Wildman–Crippen LogP) is 1.14. The summed E-state index contributed by atoms with van der Waals surface area (Å²) < 4.78 is 5.07. The molecule has 0 aliphatic carbocycles. The monoisotopic (exact) mass is 182 g/mol. The Kier molecular flexibility index (Phi) is 15.7. The Labute approximate surface area is 68.7 Å². The normalized spacial score (nSPS) is 14.4. The minimum absolute atomic E-state index is 0. The van der Waals surface area contributed by atoms with E-state index >= 15 is 0 Å². The topological polar surface area (TPSA) is 29.5 Å². The van der Waals surface area contributed by atoms with Gasteiger partial charge in [0.2, 0.25) is 0 Å². The summed E-state index contributed by atoms with van der Waals surface area (Å²) in [7, 11) is -0.507. The highest BCUT2D eigenvalue weighted by atomic mass is 28.4. The van der Waals surface area contributed by atoms with Crippen LogP contribution in [0, 0.1) is 0 Å². The average molecular weight is 182 g/mol. The van der Waals surface area contributed by atoms with Gasteiger partial charge >= 0.3 is 0 Å². The quantitative estimate of drug-likeness (QED) is 0.664. The van der Waals surface area contributed by atoms with Crippen LogP contribution in [0.4, 0.5) is 0 Å². The average Bonchev–Trinajstić information content (AvgIpc) is 1.65. The van der Waals surface area contributed by atoms with Crippen molar-refractivity contribution in [2.45, 2.75) is 33.6 Å². The van der Waals surface area contributed by atoms with Crippen molar-refractivity contribution in [3.05, 3.63) is 0 Å². The summed E-state index contributed by atoms with van der Waals surface area (Å²) in [6, 6.07) is 0. The maximum Gasteiger partial charge on any atom is 0.172 e. The third kappa shape index (κ3) is 11.2. The molecule has 0 saturated heterocycles. The first-order valence-corrected chi connectivity index (χ1v) is 7.80. The van der Waals surface area contributed by atoms with Gasteiger partial charge in [-0.3, -0.25) is 0 Å². The minimum Gasteiger partial charge on any atom is -0.435 e. The van der Waals surface area contributed by atoms with E-state index in [0.717, 1.165) is 5.67 Å². The van der Waals surface area contributed by atoms with E-state index in [9.17, 15) is 0 Å². The molecule has 0 aromatic rings. The minimum atomic E-state index is -1.31. The van der Waals surface area contributed by atoms with Crippen LogP contribution in [0.15, 0.2) is 0 Å². The molecule has 0 amide bonds. The Hall–Kier alpha value is 0.354. The number of rotatable bonds is 3. The summed E-state index contributed by atoms with van der Waals surface area (Å²) in [6.45, 7) is 4.04. The number of hydrogen-bond acceptors (Lipinski definition) is 2. The Morgan fingerprint density at radius 3 is 1.80 bits per heavy atom. The molecule has 1 N–H and O–H groups in total. The lowest BCUT2D eigenvalue weighted by molar-refractivity contribution is 0.426. The van der Waals surface area contributed by atoms with Crippen molar-refractivity contribution < 1.29 is 9.22 Å². The zero-order chi connectivity index (χ0) is 6.57. The molecular weight excluding hydrogens is 160 g/mol. The summed E-state index contributed by atoms with van der Waals surface area (Å²) in [4.78, 5) is 8.95. The fourth-order valence-electron chi connectivity index (χ4n) is 0.577. The van der Waals surface area contributed by atoms with Gasteiger partial charge in [0.15, 0.2) is 18.1 Å². The third-order valence-electron chi connectivity index (χ3n) is 1.08. The van der Waals surface area contributed by atoms with Crippen LogP contribution in [0.25, 0.3) is 0 Å². The van der Waals surface area contributed by atoms with E-state index in [0.29, 0.717) is 0 Å². The lowest BCUT2D eigenvalue weighted by Crippen LogP contribution is -2.20. The summed E-state index contributed by atoms with van der Waals surface area (Å²) in [5.74, 6) is 0. The fraction of sp³-hybridized carbons (Fsp3) is 1.00. The van der Waals surface area contributed by atoms with Crippen LogP contribution in [0.5, 0.6) is 0 Å². The number of hydrogen-bond donors (Lipinski definition) is 1. The van der Waals surface area contributed by atoms with E-state index in [2.05, 4.69) is 6.55 Å². The smallest absolute Gasteiger partial charge is 0.172 e. The molecule has 0 fully saturated rings. The highest BCUT2D eigenvalue weighted by Gasteiger charge is 2.06. The first-order chi connectivity index (χ1) is 3.66. The van der Waals surface area contributed by atoms with Crippen LogP contribution in [-0.2, 0) is 4.43 Å². The first-order valence-electron chi connectivity index (χ1n) is 2.87. The van der Waals surface area contributed by atoms with Gasteiger partial charge in [-0.2, -0.15) is 0 Å². The molecule has 0 spiro atoms. The van der Waals surface area contributed by atoms with Gasteiger partial charge in [-0.05, 0) is 18.8 Å². The van der Waals surface area contributed by atoms with E-state index in [-0.39, 0.29) is 14.9 Å². The van der Waals surface area contributed by atoms with Crippen molar-refractivity contribution in [1.29, 1.82) is 0 Å². The van der Waals surface area contributed by atoms with Crippen LogP contribution < -0.4 is 0 Å². The highest BCUT2D eigenvalue weighted by molar-refractivity contribution is 6.69. The maximum absolute atomic E-state index is 8.95. The van der Waals surface area contributed by atoms with Gasteiger partial charge in [0.25, 0.3) is 0 Å². The Bertz CT molecular complexity index is 59.7. The second-order valence-electron chi connectivity index (χ2n) is 2.13. The lowest BCUT2D eigenvalue weighted by atomic mass is 11.8. The van der Waals surface area contributed by atoms with Crippen LogP contribution in [0.3, 0.4) is 0 Å². The Morgan fingerprint density at radius 2 is 1.70 bits per heavy atom. The molecule has 0 rings (SSSR count). The standard InChI is InChI=1S/C4H14O2Si2.2CH4/c1-6-8(3)4-7(2)5;;/h5,7-8H,4H2,1-3H3;2*1H4. The molecule has 0 aromatic carbocycles. The van der Waals surface area contributed by atoms with Gasteiger partial charge in [-0.1, -0.05) is 14.9 Å². The molecule has 0 heterocycles. The molecule has 0 aromatic heterocycles. The molecule has 0 aliphatic heterocycles. The predicted molar refractivity (Wildman–Crippen MR) is 53.5 cm³/mol. The second-order valence-corrected chi connectivity index (χ2v) is 7.81.